The highest BCUT2D eigenvalue weighted by Gasteiger charge is 2.34. The average Bonchev–Trinajstić information content (AvgIpc) is 3.01. The van der Waals surface area contributed by atoms with E-state index in [1.807, 2.05) is 0 Å². The van der Waals surface area contributed by atoms with Gasteiger partial charge in [-0.15, -0.1) is 23.3 Å². The molecule has 1 atom stereocenters. The van der Waals surface area contributed by atoms with E-state index in [-0.39, 0.29) is 12.5 Å². The molecule has 1 aromatic heterocycles. The summed E-state index contributed by atoms with van der Waals surface area (Å²) in [6.07, 6.45) is 2.52. The normalized spacial score (nSPS) is 16.7. The Balaban J connectivity index is 0.00000116. The molecule has 1 N–H and O–H groups in total. The minimum Gasteiger partial charge on any atom is -0.467 e. The maximum absolute atomic E-state index is 12.1. The van der Waals surface area contributed by atoms with Gasteiger partial charge in [0.2, 0.25) is 5.91 Å². The standard InChI is InChI=1S/C12H15N3O5.H2S2/c1-20-11(18)8-3-2-5-15(8)10(17)7-14-6-4-9(16)13-12(14)19;1-2/h4,6,8H,2-3,5,7H2,1H3,(H,13,16,19);1-2H. The fraction of sp³-hybridized carbons (Fsp3) is 0.500. The lowest BCUT2D eigenvalue weighted by Gasteiger charge is -2.22. The van der Waals surface area contributed by atoms with Gasteiger partial charge in [0, 0.05) is 18.8 Å². The number of nitrogens with zero attached hydrogens (tertiary/aromatic N) is 2. The van der Waals surface area contributed by atoms with Crippen LogP contribution in [0.1, 0.15) is 12.8 Å². The number of rotatable bonds is 3. The van der Waals surface area contributed by atoms with Crippen molar-refractivity contribution in [1.29, 1.82) is 0 Å². The molecule has 0 saturated carbocycles. The number of hydrogen-bond donors (Lipinski definition) is 3. The predicted molar refractivity (Wildman–Crippen MR) is 86.0 cm³/mol. The molecule has 1 aromatic rings. The summed E-state index contributed by atoms with van der Waals surface area (Å²) in [5, 5.41) is 0. The van der Waals surface area contributed by atoms with Crippen molar-refractivity contribution in [2.45, 2.75) is 25.4 Å². The van der Waals surface area contributed by atoms with Crippen LogP contribution in [-0.4, -0.2) is 46.0 Å². The van der Waals surface area contributed by atoms with E-state index in [0.717, 1.165) is 10.6 Å². The average molecular weight is 347 g/mol. The number of amides is 1. The molecule has 22 heavy (non-hydrogen) atoms. The first-order valence-electron chi connectivity index (χ1n) is 6.40. The minimum absolute atomic E-state index is 0.219. The zero-order chi connectivity index (χ0) is 16.7. The third kappa shape index (κ3) is 4.41. The van der Waals surface area contributed by atoms with E-state index in [9.17, 15) is 19.2 Å². The highest BCUT2D eigenvalue weighted by Crippen LogP contribution is 2.18. The third-order valence-electron chi connectivity index (χ3n) is 3.25. The molecule has 1 amide bonds. The van der Waals surface area contributed by atoms with Crippen LogP contribution in [0, 0.1) is 0 Å². The summed E-state index contributed by atoms with van der Waals surface area (Å²) in [5.74, 6) is -0.809. The Morgan fingerprint density at radius 3 is 2.68 bits per heavy atom. The number of carbonyl (C=O) groups is 2. The molecule has 1 aliphatic heterocycles. The van der Waals surface area contributed by atoms with Gasteiger partial charge in [0.25, 0.3) is 5.56 Å². The van der Waals surface area contributed by atoms with Crippen LogP contribution >= 0.6 is 23.3 Å². The fourth-order valence-electron chi connectivity index (χ4n) is 2.25. The third-order valence-corrected chi connectivity index (χ3v) is 3.25. The fourth-order valence-corrected chi connectivity index (χ4v) is 2.25. The van der Waals surface area contributed by atoms with E-state index in [4.69, 9.17) is 0 Å². The number of aromatic nitrogens is 2. The number of hydrogen-bond acceptors (Lipinski definition) is 7. The molecule has 1 unspecified atom stereocenters. The smallest absolute Gasteiger partial charge is 0.328 e. The topological polar surface area (TPSA) is 101 Å². The van der Waals surface area contributed by atoms with Gasteiger partial charge < -0.3 is 9.64 Å². The first-order chi connectivity index (χ1) is 10.5. The first kappa shape index (κ1) is 18.4. The molecule has 10 heteroatoms. The van der Waals surface area contributed by atoms with Gasteiger partial charge in [-0.25, -0.2) is 9.59 Å². The van der Waals surface area contributed by atoms with Crippen LogP contribution in [0.15, 0.2) is 21.9 Å². The minimum atomic E-state index is -0.653. The molecule has 0 bridgehead atoms. The van der Waals surface area contributed by atoms with Gasteiger partial charge in [-0.1, -0.05) is 0 Å². The molecular weight excluding hydrogens is 330 g/mol. The van der Waals surface area contributed by atoms with Gasteiger partial charge in [0.15, 0.2) is 0 Å². The Hall–Kier alpha value is -1.68. The second-order valence-corrected chi connectivity index (χ2v) is 4.51. The monoisotopic (exact) mass is 347 g/mol. The summed E-state index contributed by atoms with van der Waals surface area (Å²) in [6.45, 7) is 0.236. The molecule has 0 radical (unpaired) electrons. The quantitative estimate of drug-likeness (QED) is 0.387. The van der Waals surface area contributed by atoms with E-state index >= 15 is 0 Å². The van der Waals surface area contributed by atoms with Gasteiger partial charge in [0.05, 0.1) is 7.11 Å². The van der Waals surface area contributed by atoms with Gasteiger partial charge >= 0.3 is 11.7 Å². The molecule has 1 fully saturated rings. The van der Waals surface area contributed by atoms with Crippen molar-refractivity contribution < 1.29 is 14.3 Å². The highest BCUT2D eigenvalue weighted by atomic mass is 33.1. The van der Waals surface area contributed by atoms with Crippen LogP contribution in [0.3, 0.4) is 0 Å². The molecule has 2 rings (SSSR count). The second-order valence-electron chi connectivity index (χ2n) is 4.51. The van der Waals surface area contributed by atoms with Crippen molar-refractivity contribution in [2.24, 2.45) is 0 Å². The summed E-state index contributed by atoms with van der Waals surface area (Å²) in [6, 6.07) is 0.571. The number of nitrogens with one attached hydrogen (secondary N) is 1. The van der Waals surface area contributed by atoms with Crippen molar-refractivity contribution >= 4 is 35.2 Å². The first-order valence-corrected chi connectivity index (χ1v) is 8.00. The Morgan fingerprint density at radius 2 is 2.09 bits per heavy atom. The predicted octanol–water partition coefficient (Wildman–Crippen LogP) is -0.538. The van der Waals surface area contributed by atoms with E-state index in [2.05, 4.69) is 33.0 Å². The lowest BCUT2D eigenvalue weighted by Crippen LogP contribution is -2.44. The van der Waals surface area contributed by atoms with E-state index in [0.29, 0.717) is 19.4 Å². The summed E-state index contributed by atoms with van der Waals surface area (Å²) in [5.41, 5.74) is -1.17. The van der Waals surface area contributed by atoms with Crippen LogP contribution in [0.4, 0.5) is 0 Å². The van der Waals surface area contributed by atoms with E-state index < -0.39 is 23.3 Å². The summed E-state index contributed by atoms with van der Waals surface area (Å²) in [7, 11) is 1.27. The van der Waals surface area contributed by atoms with Crippen molar-refractivity contribution in [2.75, 3.05) is 13.7 Å². The summed E-state index contributed by atoms with van der Waals surface area (Å²) < 4.78 is 5.75. The summed E-state index contributed by atoms with van der Waals surface area (Å²) in [4.78, 5) is 49.6. The molecule has 1 saturated heterocycles. The highest BCUT2D eigenvalue weighted by molar-refractivity contribution is 8.59. The van der Waals surface area contributed by atoms with Crippen LogP contribution in [0.25, 0.3) is 0 Å². The number of ether oxygens (including phenoxy) is 1. The van der Waals surface area contributed by atoms with E-state index in [1.165, 1.54) is 18.2 Å². The number of H-pyrrole nitrogens is 1. The number of likely N-dealkylation sites (tertiary alicyclic amines) is 1. The molecular formula is C12H17N3O5S2. The zero-order valence-electron chi connectivity index (χ0n) is 11.9. The van der Waals surface area contributed by atoms with Crippen LogP contribution < -0.4 is 11.2 Å². The lowest BCUT2D eigenvalue weighted by atomic mass is 10.2. The maximum atomic E-state index is 12.1. The summed E-state index contributed by atoms with van der Waals surface area (Å²) >= 11 is 6.44. The van der Waals surface area contributed by atoms with Gasteiger partial charge in [-0.2, -0.15) is 0 Å². The lowest BCUT2D eigenvalue weighted by molar-refractivity contribution is -0.151. The molecule has 2 heterocycles. The zero-order valence-corrected chi connectivity index (χ0v) is 13.7. The van der Waals surface area contributed by atoms with E-state index in [1.54, 1.807) is 0 Å². The molecule has 0 aliphatic carbocycles. The number of esters is 1. The van der Waals surface area contributed by atoms with Gasteiger partial charge in [0.1, 0.15) is 12.6 Å². The number of methoxy groups -OCH3 is 1. The Kier molecular flexibility index (Phi) is 7.25. The van der Waals surface area contributed by atoms with Crippen LogP contribution in [0.5, 0.6) is 0 Å². The maximum Gasteiger partial charge on any atom is 0.328 e. The SMILES string of the molecule is COC(=O)C1CCCN1C(=O)Cn1ccc(=O)[nH]c1=O.SS. The number of thiol groups is 2. The van der Waals surface area contributed by atoms with Crippen LogP contribution in [0.2, 0.25) is 0 Å². The number of carbonyl (C=O) groups excluding carboxylic acids is 2. The Morgan fingerprint density at radius 1 is 1.41 bits per heavy atom. The van der Waals surface area contributed by atoms with Crippen molar-refractivity contribution in [3.8, 4) is 0 Å². The molecule has 122 valence electrons. The van der Waals surface area contributed by atoms with Gasteiger partial charge in [-0.05, 0) is 12.8 Å². The molecule has 0 aromatic carbocycles. The Labute approximate surface area is 136 Å². The largest absolute Gasteiger partial charge is 0.467 e. The molecule has 8 nitrogen and oxygen atoms in total. The second kappa shape index (κ2) is 8.69. The molecule has 1 aliphatic rings. The molecule has 0 spiro atoms. The number of aromatic amines is 1. The van der Waals surface area contributed by atoms with Crippen molar-refractivity contribution in [3.05, 3.63) is 33.1 Å². The van der Waals surface area contributed by atoms with Gasteiger partial charge in [-0.3, -0.25) is 19.1 Å². The Bertz CT molecular complexity index is 642. The van der Waals surface area contributed by atoms with Crippen molar-refractivity contribution in [1.82, 2.24) is 14.5 Å². The van der Waals surface area contributed by atoms with Crippen molar-refractivity contribution in [3.63, 3.8) is 0 Å². The van der Waals surface area contributed by atoms with Crippen LogP contribution in [-0.2, 0) is 20.9 Å².